The maximum atomic E-state index is 10.5. The Hall–Kier alpha value is -1.50. The lowest BCUT2D eigenvalue weighted by Gasteiger charge is -2.17. The number of nitro groups is 1. The summed E-state index contributed by atoms with van der Waals surface area (Å²) >= 11 is 0. The van der Waals surface area contributed by atoms with E-state index in [4.69, 9.17) is 9.47 Å². The Morgan fingerprint density at radius 3 is 2.30 bits per heavy atom. The minimum Gasteiger partial charge on any atom is -0.352 e. The standard InChI is InChI=1S/C14H22N2O4/c1-3-19-14(20-4-2)11-15-10-9-12-5-7-13(8-6-12)16(17)18/h5-8,14-15H,3-4,9-11H2,1-2H3. The van der Waals surface area contributed by atoms with Gasteiger partial charge in [-0.3, -0.25) is 10.1 Å². The maximum absolute atomic E-state index is 10.5. The van der Waals surface area contributed by atoms with Crippen LogP contribution in [0.4, 0.5) is 5.69 Å². The first-order chi connectivity index (χ1) is 9.67. The van der Waals surface area contributed by atoms with Crippen molar-refractivity contribution in [2.75, 3.05) is 26.3 Å². The lowest BCUT2D eigenvalue weighted by Crippen LogP contribution is -2.32. The van der Waals surface area contributed by atoms with E-state index in [1.807, 2.05) is 13.8 Å². The molecule has 0 radical (unpaired) electrons. The average Bonchev–Trinajstić information content (AvgIpc) is 2.44. The van der Waals surface area contributed by atoms with Crippen LogP contribution in [0, 0.1) is 10.1 Å². The molecule has 6 nitrogen and oxygen atoms in total. The quantitative estimate of drug-likeness (QED) is 0.308. The monoisotopic (exact) mass is 282 g/mol. The molecule has 112 valence electrons. The zero-order valence-electron chi connectivity index (χ0n) is 12.0. The molecule has 0 heterocycles. The molecule has 0 aliphatic carbocycles. The number of benzene rings is 1. The topological polar surface area (TPSA) is 73.6 Å². The highest BCUT2D eigenvalue weighted by molar-refractivity contribution is 5.32. The first kappa shape index (κ1) is 16.6. The number of nitro benzene ring substituents is 1. The fraction of sp³-hybridized carbons (Fsp3) is 0.571. The molecule has 20 heavy (non-hydrogen) atoms. The Morgan fingerprint density at radius 2 is 1.80 bits per heavy atom. The number of nitrogens with one attached hydrogen (secondary N) is 1. The van der Waals surface area contributed by atoms with E-state index in [0.29, 0.717) is 19.8 Å². The lowest BCUT2D eigenvalue weighted by atomic mass is 10.1. The molecule has 6 heteroatoms. The largest absolute Gasteiger partial charge is 0.352 e. The van der Waals surface area contributed by atoms with E-state index in [-0.39, 0.29) is 12.0 Å². The van der Waals surface area contributed by atoms with Crippen molar-refractivity contribution in [1.82, 2.24) is 5.32 Å². The van der Waals surface area contributed by atoms with Gasteiger partial charge in [-0.05, 0) is 32.4 Å². The molecule has 0 fully saturated rings. The van der Waals surface area contributed by atoms with Gasteiger partial charge in [0.2, 0.25) is 0 Å². The third-order valence-electron chi connectivity index (χ3n) is 2.75. The maximum Gasteiger partial charge on any atom is 0.269 e. The highest BCUT2D eigenvalue weighted by Gasteiger charge is 2.07. The van der Waals surface area contributed by atoms with E-state index in [2.05, 4.69) is 5.32 Å². The molecule has 0 aromatic heterocycles. The van der Waals surface area contributed by atoms with Crippen molar-refractivity contribution in [3.63, 3.8) is 0 Å². The first-order valence-corrected chi connectivity index (χ1v) is 6.84. The Morgan fingerprint density at radius 1 is 1.20 bits per heavy atom. The molecule has 0 unspecified atom stereocenters. The van der Waals surface area contributed by atoms with Gasteiger partial charge in [-0.1, -0.05) is 12.1 Å². The van der Waals surface area contributed by atoms with Gasteiger partial charge in [-0.2, -0.15) is 0 Å². The number of hydrogen-bond donors (Lipinski definition) is 1. The number of non-ortho nitro benzene ring substituents is 1. The predicted octanol–water partition coefficient (Wildman–Crippen LogP) is 2.13. The second kappa shape index (κ2) is 9.41. The summed E-state index contributed by atoms with van der Waals surface area (Å²) in [4.78, 5) is 10.1. The lowest BCUT2D eigenvalue weighted by molar-refractivity contribution is -0.384. The highest BCUT2D eigenvalue weighted by atomic mass is 16.7. The van der Waals surface area contributed by atoms with E-state index in [1.54, 1.807) is 12.1 Å². The van der Waals surface area contributed by atoms with Crippen LogP contribution in [0.15, 0.2) is 24.3 Å². The number of ether oxygens (including phenoxy) is 2. The van der Waals surface area contributed by atoms with Gasteiger partial charge in [0.1, 0.15) is 0 Å². The minimum absolute atomic E-state index is 0.120. The van der Waals surface area contributed by atoms with E-state index < -0.39 is 4.92 Å². The second-order valence-electron chi connectivity index (χ2n) is 4.22. The molecule has 0 aliphatic heterocycles. The molecule has 0 amide bonds. The molecule has 0 saturated carbocycles. The van der Waals surface area contributed by atoms with Gasteiger partial charge < -0.3 is 14.8 Å². The molecular formula is C14H22N2O4. The average molecular weight is 282 g/mol. The Balaban J connectivity index is 2.27. The van der Waals surface area contributed by atoms with Crippen molar-refractivity contribution >= 4 is 5.69 Å². The summed E-state index contributed by atoms with van der Waals surface area (Å²) in [5, 5.41) is 13.8. The van der Waals surface area contributed by atoms with Crippen LogP contribution >= 0.6 is 0 Å². The summed E-state index contributed by atoms with van der Waals surface area (Å²) in [5.41, 5.74) is 1.18. The van der Waals surface area contributed by atoms with E-state index >= 15 is 0 Å². The van der Waals surface area contributed by atoms with Crippen molar-refractivity contribution in [3.05, 3.63) is 39.9 Å². The molecule has 1 rings (SSSR count). The van der Waals surface area contributed by atoms with Crippen LogP contribution in [-0.2, 0) is 15.9 Å². The van der Waals surface area contributed by atoms with Gasteiger partial charge in [0.05, 0.1) is 4.92 Å². The van der Waals surface area contributed by atoms with E-state index in [0.717, 1.165) is 18.5 Å². The molecule has 0 aliphatic rings. The van der Waals surface area contributed by atoms with Gasteiger partial charge in [-0.25, -0.2) is 0 Å². The number of rotatable bonds is 10. The van der Waals surface area contributed by atoms with Crippen molar-refractivity contribution in [1.29, 1.82) is 0 Å². The highest BCUT2D eigenvalue weighted by Crippen LogP contribution is 2.11. The van der Waals surface area contributed by atoms with Crippen LogP contribution < -0.4 is 5.32 Å². The van der Waals surface area contributed by atoms with Gasteiger partial charge in [0, 0.05) is 31.9 Å². The molecule has 0 spiro atoms. The van der Waals surface area contributed by atoms with Crippen molar-refractivity contribution < 1.29 is 14.4 Å². The molecule has 0 atom stereocenters. The third kappa shape index (κ3) is 6.10. The van der Waals surface area contributed by atoms with Crippen molar-refractivity contribution in [2.24, 2.45) is 0 Å². The summed E-state index contributed by atoms with van der Waals surface area (Å²) in [6.07, 6.45) is 0.588. The second-order valence-corrected chi connectivity index (χ2v) is 4.22. The van der Waals surface area contributed by atoms with Crippen LogP contribution in [0.2, 0.25) is 0 Å². The summed E-state index contributed by atoms with van der Waals surface area (Å²) < 4.78 is 10.8. The van der Waals surface area contributed by atoms with Gasteiger partial charge in [0.15, 0.2) is 6.29 Å². The summed E-state index contributed by atoms with van der Waals surface area (Å²) in [5.74, 6) is 0. The third-order valence-corrected chi connectivity index (χ3v) is 2.75. The molecule has 1 N–H and O–H groups in total. The Bertz CT molecular complexity index is 389. The van der Waals surface area contributed by atoms with Crippen LogP contribution in [0.25, 0.3) is 0 Å². The summed E-state index contributed by atoms with van der Waals surface area (Å²) in [7, 11) is 0. The van der Waals surface area contributed by atoms with Crippen molar-refractivity contribution in [2.45, 2.75) is 26.6 Å². The van der Waals surface area contributed by atoms with Gasteiger partial charge in [-0.15, -0.1) is 0 Å². The Kier molecular flexibility index (Phi) is 7.79. The zero-order chi connectivity index (χ0) is 14.8. The molecule has 0 saturated heterocycles. The molecule has 0 bridgehead atoms. The SMILES string of the molecule is CCOC(CNCCc1ccc([N+](=O)[O-])cc1)OCC. The molecule has 1 aromatic rings. The Labute approximate surface area is 119 Å². The molecule has 1 aromatic carbocycles. The smallest absolute Gasteiger partial charge is 0.269 e. The van der Waals surface area contributed by atoms with E-state index in [1.165, 1.54) is 12.1 Å². The summed E-state index contributed by atoms with van der Waals surface area (Å²) in [6, 6.07) is 6.61. The van der Waals surface area contributed by atoms with Crippen LogP contribution in [0.5, 0.6) is 0 Å². The van der Waals surface area contributed by atoms with Crippen LogP contribution in [0.3, 0.4) is 0 Å². The number of hydrogen-bond acceptors (Lipinski definition) is 5. The van der Waals surface area contributed by atoms with Gasteiger partial charge in [0.25, 0.3) is 5.69 Å². The fourth-order valence-corrected chi connectivity index (χ4v) is 1.77. The molecular weight excluding hydrogens is 260 g/mol. The van der Waals surface area contributed by atoms with E-state index in [9.17, 15) is 10.1 Å². The van der Waals surface area contributed by atoms with Gasteiger partial charge >= 0.3 is 0 Å². The first-order valence-electron chi connectivity index (χ1n) is 6.84. The summed E-state index contributed by atoms with van der Waals surface area (Å²) in [6.45, 7) is 6.51. The van der Waals surface area contributed by atoms with Crippen LogP contribution in [0.1, 0.15) is 19.4 Å². The normalized spacial score (nSPS) is 10.9. The number of nitrogens with zero attached hydrogens (tertiary/aromatic N) is 1. The minimum atomic E-state index is -0.392. The van der Waals surface area contributed by atoms with Crippen LogP contribution in [-0.4, -0.2) is 37.5 Å². The predicted molar refractivity (Wildman–Crippen MR) is 76.7 cm³/mol. The van der Waals surface area contributed by atoms with Crippen molar-refractivity contribution in [3.8, 4) is 0 Å². The fourth-order valence-electron chi connectivity index (χ4n) is 1.77. The zero-order valence-corrected chi connectivity index (χ0v) is 12.0.